The number of nitrogens with one attached hydrogen (secondary N) is 1. The lowest BCUT2D eigenvalue weighted by Crippen LogP contribution is -2.42. The second-order valence-electron chi connectivity index (χ2n) is 9.05. The summed E-state index contributed by atoms with van der Waals surface area (Å²) in [6.45, 7) is 5.03. The third-order valence-electron chi connectivity index (χ3n) is 6.70. The van der Waals surface area contributed by atoms with Crippen LogP contribution in [0.2, 0.25) is 0 Å². The van der Waals surface area contributed by atoms with Crippen LogP contribution in [0.25, 0.3) is 0 Å². The van der Waals surface area contributed by atoms with E-state index in [1.54, 1.807) is 13.0 Å². The molecule has 0 saturated carbocycles. The van der Waals surface area contributed by atoms with E-state index in [0.717, 1.165) is 34.4 Å². The Morgan fingerprint density at radius 3 is 2.58 bits per heavy atom. The number of fused-ring (bicyclic) bond motifs is 1. The molecule has 1 atom stereocenters. The number of ketones is 1. The van der Waals surface area contributed by atoms with E-state index in [0.29, 0.717) is 29.3 Å². The van der Waals surface area contributed by atoms with Crippen molar-refractivity contribution in [2.75, 3.05) is 13.3 Å². The number of halogens is 2. The Bertz CT molecular complexity index is 1430. The first-order valence-electron chi connectivity index (χ1n) is 11.3. The van der Waals surface area contributed by atoms with E-state index >= 15 is 0 Å². The van der Waals surface area contributed by atoms with Crippen molar-refractivity contribution in [3.05, 3.63) is 82.2 Å². The number of carbonyl (C=O) groups excluding carboxylic acids is 3. The van der Waals surface area contributed by atoms with Crippen molar-refractivity contribution < 1.29 is 32.6 Å². The zero-order valence-corrected chi connectivity index (χ0v) is 19.9. The highest BCUT2D eigenvalue weighted by Gasteiger charge is 2.51. The maximum Gasteiger partial charge on any atom is 0.325 e. The maximum absolute atomic E-state index is 14.4. The fourth-order valence-electron chi connectivity index (χ4n) is 4.68. The van der Waals surface area contributed by atoms with Crippen LogP contribution in [0.15, 0.2) is 42.5 Å². The Hall–Kier alpha value is -4.21. The molecule has 186 valence electrons. The van der Waals surface area contributed by atoms with E-state index in [9.17, 15) is 23.2 Å². The van der Waals surface area contributed by atoms with Gasteiger partial charge in [0, 0.05) is 29.1 Å². The van der Waals surface area contributed by atoms with E-state index in [2.05, 4.69) is 5.32 Å². The molecule has 1 fully saturated rings. The Morgan fingerprint density at radius 2 is 1.81 bits per heavy atom. The van der Waals surface area contributed by atoms with Gasteiger partial charge in [-0.25, -0.2) is 13.6 Å². The molecule has 5 rings (SSSR count). The molecule has 0 aliphatic carbocycles. The molecular formula is C26H23F2N3O5. The molecule has 36 heavy (non-hydrogen) atoms. The van der Waals surface area contributed by atoms with Gasteiger partial charge in [-0.2, -0.15) is 0 Å². The number of urea groups is 1. The number of nitrogens with zero attached hydrogens (tertiary/aromatic N) is 2. The van der Waals surface area contributed by atoms with Gasteiger partial charge in [-0.05, 0) is 62.7 Å². The lowest BCUT2D eigenvalue weighted by molar-refractivity contribution is -0.130. The summed E-state index contributed by atoms with van der Waals surface area (Å²) in [5.74, 6) is -1.55. The molecule has 0 unspecified atom stereocenters. The van der Waals surface area contributed by atoms with Gasteiger partial charge in [-0.1, -0.05) is 6.07 Å². The highest BCUT2D eigenvalue weighted by Crippen LogP contribution is 2.34. The monoisotopic (exact) mass is 495 g/mol. The van der Waals surface area contributed by atoms with Gasteiger partial charge in [0.25, 0.3) is 5.91 Å². The summed E-state index contributed by atoms with van der Waals surface area (Å²) in [6, 6.07) is 9.14. The van der Waals surface area contributed by atoms with Gasteiger partial charge in [-0.3, -0.25) is 14.5 Å². The number of amides is 3. The Kier molecular flexibility index (Phi) is 5.54. The molecule has 1 saturated heterocycles. The van der Waals surface area contributed by atoms with Gasteiger partial charge in [0.1, 0.15) is 17.2 Å². The highest BCUT2D eigenvalue weighted by atomic mass is 19.1. The zero-order chi connectivity index (χ0) is 25.8. The van der Waals surface area contributed by atoms with E-state index < -0.39 is 41.4 Å². The third kappa shape index (κ3) is 3.78. The predicted molar refractivity (Wildman–Crippen MR) is 124 cm³/mol. The van der Waals surface area contributed by atoms with Gasteiger partial charge >= 0.3 is 6.03 Å². The first-order chi connectivity index (χ1) is 17.1. The number of aryl methyl sites for hydroxylation is 1. The first kappa shape index (κ1) is 23.5. The van der Waals surface area contributed by atoms with Gasteiger partial charge < -0.3 is 19.4 Å². The van der Waals surface area contributed by atoms with Crippen molar-refractivity contribution in [2.24, 2.45) is 0 Å². The van der Waals surface area contributed by atoms with Crippen LogP contribution in [0.4, 0.5) is 13.6 Å². The van der Waals surface area contributed by atoms with Crippen LogP contribution in [0.3, 0.4) is 0 Å². The quantitative estimate of drug-likeness (QED) is 0.415. The number of hydrogen-bond donors (Lipinski definition) is 1. The molecular weight excluding hydrogens is 472 g/mol. The standard InChI is InChI=1S/C26H23F2N3O5/c1-14-8-18(15(2)30(14)11-16-4-7-22-23(9-16)36-13-35-22)21(32)12-31-24(33)26(3,29-25(31)34)19-10-17(27)5-6-20(19)28/h4-10H,11-13H2,1-3H3,(H,29,34)/t26-/m0/s1. The van der Waals surface area contributed by atoms with Crippen molar-refractivity contribution in [1.29, 1.82) is 0 Å². The van der Waals surface area contributed by atoms with Gasteiger partial charge in [-0.15, -0.1) is 0 Å². The van der Waals surface area contributed by atoms with Gasteiger partial charge in [0.05, 0.1) is 6.54 Å². The molecule has 2 aliphatic heterocycles. The molecule has 3 heterocycles. The number of imide groups is 1. The Balaban J connectivity index is 1.37. The summed E-state index contributed by atoms with van der Waals surface area (Å²) in [4.78, 5) is 39.7. The van der Waals surface area contributed by atoms with Crippen LogP contribution < -0.4 is 14.8 Å². The van der Waals surface area contributed by atoms with Gasteiger partial charge in [0.2, 0.25) is 6.79 Å². The molecule has 0 bridgehead atoms. The minimum Gasteiger partial charge on any atom is -0.454 e. The number of Topliss-reactive ketones (excluding diaryl/α,β-unsaturated/α-hetero) is 1. The topological polar surface area (TPSA) is 89.9 Å². The number of carbonyl (C=O) groups is 3. The number of benzene rings is 2. The fraction of sp³-hybridized carbons (Fsp3) is 0.269. The first-order valence-corrected chi connectivity index (χ1v) is 11.3. The van der Waals surface area contributed by atoms with Crippen LogP contribution in [0.1, 0.15) is 39.8 Å². The van der Waals surface area contributed by atoms with Crippen molar-refractivity contribution in [3.63, 3.8) is 0 Å². The summed E-state index contributed by atoms with van der Waals surface area (Å²) in [6.07, 6.45) is 0. The molecule has 3 aromatic rings. The van der Waals surface area contributed by atoms with Crippen molar-refractivity contribution >= 4 is 17.7 Å². The maximum atomic E-state index is 14.4. The van der Waals surface area contributed by atoms with E-state index in [1.165, 1.54) is 6.92 Å². The van der Waals surface area contributed by atoms with E-state index in [-0.39, 0.29) is 12.4 Å². The Morgan fingerprint density at radius 1 is 1.06 bits per heavy atom. The summed E-state index contributed by atoms with van der Waals surface area (Å²) in [7, 11) is 0. The number of aromatic nitrogens is 1. The van der Waals surface area contributed by atoms with Crippen LogP contribution >= 0.6 is 0 Å². The molecule has 0 radical (unpaired) electrons. The minimum atomic E-state index is -1.83. The summed E-state index contributed by atoms with van der Waals surface area (Å²) in [5, 5.41) is 2.41. The Labute approximate surface area is 205 Å². The molecule has 2 aliphatic rings. The van der Waals surface area contributed by atoms with Crippen LogP contribution in [-0.2, 0) is 16.9 Å². The van der Waals surface area contributed by atoms with Crippen LogP contribution in [-0.4, -0.2) is 40.5 Å². The van der Waals surface area contributed by atoms with Crippen LogP contribution in [0, 0.1) is 25.5 Å². The smallest absolute Gasteiger partial charge is 0.325 e. The average molecular weight is 495 g/mol. The third-order valence-corrected chi connectivity index (χ3v) is 6.70. The molecule has 2 aromatic carbocycles. The molecule has 1 aromatic heterocycles. The average Bonchev–Trinajstić information content (AvgIpc) is 3.48. The number of rotatable bonds is 6. The summed E-state index contributed by atoms with van der Waals surface area (Å²) >= 11 is 0. The predicted octanol–water partition coefficient (Wildman–Crippen LogP) is 3.81. The van der Waals surface area contributed by atoms with E-state index in [4.69, 9.17) is 9.47 Å². The minimum absolute atomic E-state index is 0.173. The molecule has 8 nitrogen and oxygen atoms in total. The largest absolute Gasteiger partial charge is 0.454 e. The second-order valence-corrected chi connectivity index (χ2v) is 9.05. The molecule has 1 N–H and O–H groups in total. The lowest BCUT2D eigenvalue weighted by atomic mass is 9.91. The SMILES string of the molecule is Cc1cc(C(=O)CN2C(=O)N[C@@](C)(c3cc(F)ccc3F)C2=O)c(C)n1Cc1ccc2c(c1)OCO2. The van der Waals surface area contributed by atoms with Gasteiger partial charge in [0.15, 0.2) is 17.3 Å². The summed E-state index contributed by atoms with van der Waals surface area (Å²) < 4.78 is 40.9. The van der Waals surface area contributed by atoms with Crippen molar-refractivity contribution in [3.8, 4) is 11.5 Å². The normalized spacial score (nSPS) is 18.6. The van der Waals surface area contributed by atoms with Crippen molar-refractivity contribution in [2.45, 2.75) is 32.9 Å². The number of ether oxygens (including phenoxy) is 2. The number of hydrogen-bond acceptors (Lipinski definition) is 5. The lowest BCUT2D eigenvalue weighted by Gasteiger charge is -2.22. The highest BCUT2D eigenvalue weighted by molar-refractivity contribution is 6.11. The molecule has 10 heteroatoms. The second kappa shape index (κ2) is 8.47. The van der Waals surface area contributed by atoms with Crippen LogP contribution in [0.5, 0.6) is 11.5 Å². The molecule has 3 amide bonds. The fourth-order valence-corrected chi connectivity index (χ4v) is 4.68. The van der Waals surface area contributed by atoms with Crippen molar-refractivity contribution in [1.82, 2.24) is 14.8 Å². The summed E-state index contributed by atoms with van der Waals surface area (Å²) in [5.41, 5.74) is 0.650. The molecule has 0 spiro atoms. The zero-order valence-electron chi connectivity index (χ0n) is 19.9. The van der Waals surface area contributed by atoms with E-state index in [1.807, 2.05) is 29.7 Å².